The van der Waals surface area contributed by atoms with Crippen molar-refractivity contribution in [3.8, 4) is 28.2 Å². The Balaban J connectivity index is 1.61. The molecule has 5 aromatic rings. The van der Waals surface area contributed by atoms with Crippen molar-refractivity contribution in [1.29, 1.82) is 0 Å². The van der Waals surface area contributed by atoms with Gasteiger partial charge in [0.1, 0.15) is 5.82 Å². The summed E-state index contributed by atoms with van der Waals surface area (Å²) < 4.78 is 2.17. The highest BCUT2D eigenvalue weighted by Gasteiger charge is 2.15. The normalized spacial score (nSPS) is 11.0. The van der Waals surface area contributed by atoms with Gasteiger partial charge in [0, 0.05) is 11.3 Å². The Kier molecular flexibility index (Phi) is 4.67. The van der Waals surface area contributed by atoms with Crippen molar-refractivity contribution in [3.63, 3.8) is 0 Å². The fourth-order valence-corrected chi connectivity index (χ4v) is 3.75. The van der Waals surface area contributed by atoms with Crippen molar-refractivity contribution in [2.75, 3.05) is 0 Å². The summed E-state index contributed by atoms with van der Waals surface area (Å²) in [6.07, 6.45) is 0. The van der Waals surface area contributed by atoms with Crippen LogP contribution in [-0.2, 0) is 0 Å². The molecular formula is C25H19BN2O2. The van der Waals surface area contributed by atoms with Crippen molar-refractivity contribution in [2.45, 2.75) is 0 Å². The molecule has 5 rings (SSSR count). The topological polar surface area (TPSA) is 58.3 Å². The number of rotatable bonds is 4. The number of aromatic nitrogens is 2. The zero-order valence-electron chi connectivity index (χ0n) is 16.2. The predicted octanol–water partition coefficient (Wildman–Crippen LogP) is 4.04. The second-order valence-corrected chi connectivity index (χ2v) is 7.17. The molecule has 0 radical (unpaired) electrons. The van der Waals surface area contributed by atoms with Crippen LogP contribution in [0.4, 0.5) is 0 Å². The number of fused-ring (bicyclic) bond motifs is 1. The van der Waals surface area contributed by atoms with E-state index in [2.05, 4.69) is 34.9 Å². The van der Waals surface area contributed by atoms with Crippen molar-refractivity contribution in [2.24, 2.45) is 0 Å². The molecule has 0 saturated heterocycles. The van der Waals surface area contributed by atoms with Gasteiger partial charge in [-0.3, -0.25) is 4.57 Å². The van der Waals surface area contributed by atoms with E-state index in [0.717, 1.165) is 39.2 Å². The Morgan fingerprint density at radius 3 is 2.10 bits per heavy atom. The Hall–Kier alpha value is -3.67. The van der Waals surface area contributed by atoms with Gasteiger partial charge in [0.15, 0.2) is 0 Å². The summed E-state index contributed by atoms with van der Waals surface area (Å²) in [5.41, 5.74) is 6.50. The monoisotopic (exact) mass is 390 g/mol. The molecule has 0 aliphatic heterocycles. The molecule has 0 fully saturated rings. The summed E-state index contributed by atoms with van der Waals surface area (Å²) in [4.78, 5) is 4.90. The lowest BCUT2D eigenvalue weighted by molar-refractivity contribution is 0.426. The highest BCUT2D eigenvalue weighted by Crippen LogP contribution is 2.30. The van der Waals surface area contributed by atoms with Crippen LogP contribution in [0.2, 0.25) is 0 Å². The third-order valence-corrected chi connectivity index (χ3v) is 5.24. The molecule has 0 spiro atoms. The smallest absolute Gasteiger partial charge is 0.423 e. The van der Waals surface area contributed by atoms with E-state index in [9.17, 15) is 10.0 Å². The summed E-state index contributed by atoms with van der Waals surface area (Å²) in [6, 6.07) is 33.8. The third-order valence-electron chi connectivity index (χ3n) is 5.24. The van der Waals surface area contributed by atoms with E-state index >= 15 is 0 Å². The maximum absolute atomic E-state index is 9.44. The van der Waals surface area contributed by atoms with Crippen LogP contribution in [0.5, 0.6) is 0 Å². The van der Waals surface area contributed by atoms with Gasteiger partial charge >= 0.3 is 7.12 Å². The zero-order valence-corrected chi connectivity index (χ0v) is 16.2. The van der Waals surface area contributed by atoms with Gasteiger partial charge in [-0.25, -0.2) is 4.98 Å². The maximum Gasteiger partial charge on any atom is 0.488 e. The van der Waals surface area contributed by atoms with Gasteiger partial charge in [0.25, 0.3) is 0 Å². The van der Waals surface area contributed by atoms with Gasteiger partial charge in [-0.05, 0) is 40.9 Å². The first-order valence-electron chi connectivity index (χ1n) is 9.80. The van der Waals surface area contributed by atoms with Crippen molar-refractivity contribution in [1.82, 2.24) is 9.55 Å². The van der Waals surface area contributed by atoms with Crippen molar-refractivity contribution < 1.29 is 10.0 Å². The van der Waals surface area contributed by atoms with E-state index in [1.807, 2.05) is 60.7 Å². The fourth-order valence-electron chi connectivity index (χ4n) is 3.75. The second kappa shape index (κ2) is 7.63. The minimum atomic E-state index is -1.48. The van der Waals surface area contributed by atoms with Crippen LogP contribution < -0.4 is 5.46 Å². The van der Waals surface area contributed by atoms with Crippen LogP contribution in [0, 0.1) is 0 Å². The standard InChI is InChI=1S/C25H19BN2O2/c29-26(30)21-8-6-7-20(17-21)18-13-15-19(16-14-18)25-27-23-11-4-5-12-24(23)28(25)22-9-2-1-3-10-22/h1-17,29-30H. The zero-order chi connectivity index (χ0) is 20.5. The molecule has 0 aliphatic rings. The van der Waals surface area contributed by atoms with E-state index in [1.165, 1.54) is 0 Å². The van der Waals surface area contributed by atoms with Crippen LogP contribution in [0.25, 0.3) is 39.2 Å². The molecule has 0 unspecified atom stereocenters. The lowest BCUT2D eigenvalue weighted by Crippen LogP contribution is -2.29. The Bertz CT molecular complexity index is 1310. The number of nitrogens with zero attached hydrogens (tertiary/aromatic N) is 2. The Morgan fingerprint density at radius 1 is 0.633 bits per heavy atom. The molecule has 0 aliphatic carbocycles. The number of para-hydroxylation sites is 3. The summed E-state index contributed by atoms with van der Waals surface area (Å²) >= 11 is 0. The Labute approximate surface area is 174 Å². The lowest BCUT2D eigenvalue weighted by Gasteiger charge is -2.10. The molecule has 1 heterocycles. The number of imidazole rings is 1. The minimum Gasteiger partial charge on any atom is -0.423 e. The summed E-state index contributed by atoms with van der Waals surface area (Å²) in [5.74, 6) is 0.883. The highest BCUT2D eigenvalue weighted by atomic mass is 16.4. The van der Waals surface area contributed by atoms with Crippen LogP contribution >= 0.6 is 0 Å². The first kappa shape index (κ1) is 18.4. The molecule has 30 heavy (non-hydrogen) atoms. The van der Waals surface area contributed by atoms with Gasteiger partial charge in [-0.2, -0.15) is 0 Å². The molecule has 4 nitrogen and oxygen atoms in total. The van der Waals surface area contributed by atoms with Crippen LogP contribution in [0.3, 0.4) is 0 Å². The Morgan fingerprint density at radius 2 is 1.33 bits per heavy atom. The average Bonchev–Trinajstić information content (AvgIpc) is 3.19. The van der Waals surface area contributed by atoms with E-state index in [0.29, 0.717) is 5.46 Å². The molecule has 0 atom stereocenters. The third kappa shape index (κ3) is 3.30. The average molecular weight is 390 g/mol. The number of hydrogen-bond acceptors (Lipinski definition) is 3. The number of benzene rings is 4. The molecule has 5 heteroatoms. The predicted molar refractivity (Wildman–Crippen MR) is 122 cm³/mol. The first-order valence-corrected chi connectivity index (χ1v) is 9.80. The van der Waals surface area contributed by atoms with E-state index in [-0.39, 0.29) is 0 Å². The lowest BCUT2D eigenvalue weighted by atomic mass is 9.79. The molecule has 1 aromatic heterocycles. The van der Waals surface area contributed by atoms with Crippen molar-refractivity contribution >= 4 is 23.6 Å². The maximum atomic E-state index is 9.44. The van der Waals surface area contributed by atoms with Crippen LogP contribution in [0.15, 0.2) is 103 Å². The molecular weight excluding hydrogens is 371 g/mol. The van der Waals surface area contributed by atoms with E-state index < -0.39 is 7.12 Å². The van der Waals surface area contributed by atoms with Crippen LogP contribution in [0.1, 0.15) is 0 Å². The largest absolute Gasteiger partial charge is 0.488 e. The quantitative estimate of drug-likeness (QED) is 0.456. The molecule has 0 amide bonds. The summed E-state index contributed by atoms with van der Waals surface area (Å²) in [5, 5.41) is 18.9. The van der Waals surface area contributed by atoms with Gasteiger partial charge in [0.2, 0.25) is 0 Å². The van der Waals surface area contributed by atoms with E-state index in [1.54, 1.807) is 12.1 Å². The van der Waals surface area contributed by atoms with Gasteiger partial charge in [-0.1, -0.05) is 78.9 Å². The fraction of sp³-hybridized carbons (Fsp3) is 0. The SMILES string of the molecule is OB(O)c1cccc(-c2ccc(-c3nc4ccccc4n3-c3ccccc3)cc2)c1. The van der Waals surface area contributed by atoms with Crippen molar-refractivity contribution in [3.05, 3.63) is 103 Å². The van der Waals surface area contributed by atoms with E-state index in [4.69, 9.17) is 4.98 Å². The van der Waals surface area contributed by atoms with Gasteiger partial charge < -0.3 is 10.0 Å². The summed E-state index contributed by atoms with van der Waals surface area (Å²) in [7, 11) is -1.48. The molecule has 2 N–H and O–H groups in total. The summed E-state index contributed by atoms with van der Waals surface area (Å²) in [6.45, 7) is 0. The highest BCUT2D eigenvalue weighted by molar-refractivity contribution is 6.58. The number of hydrogen-bond donors (Lipinski definition) is 2. The molecule has 4 aromatic carbocycles. The van der Waals surface area contributed by atoms with Gasteiger partial charge in [0.05, 0.1) is 11.0 Å². The molecule has 0 bridgehead atoms. The minimum absolute atomic E-state index is 0.474. The molecule has 144 valence electrons. The van der Waals surface area contributed by atoms with Gasteiger partial charge in [-0.15, -0.1) is 0 Å². The van der Waals surface area contributed by atoms with Crippen LogP contribution in [-0.4, -0.2) is 26.7 Å². The molecule has 0 saturated carbocycles. The first-order chi connectivity index (χ1) is 14.7. The second-order valence-electron chi connectivity index (χ2n) is 7.17.